The van der Waals surface area contributed by atoms with Crippen LogP contribution in [0.1, 0.15) is 0 Å². The topological polar surface area (TPSA) is 0 Å². The van der Waals surface area contributed by atoms with Crippen molar-refractivity contribution in [2.75, 3.05) is 0 Å². The average Bonchev–Trinajstić information content (AvgIpc) is 3.01. The van der Waals surface area contributed by atoms with Crippen LogP contribution in [0, 0.1) is 111 Å². The van der Waals surface area contributed by atoms with E-state index < -0.39 is 150 Å². The third kappa shape index (κ3) is 4.93. The predicted octanol–water partition coefficient (Wildman–Crippen LogP) is 6.57. The molecule has 0 fully saturated rings. The number of halogens is 22. The molecule has 0 bridgehead atoms. The molecule has 24 heteroatoms. The maximum absolute atomic E-state index is 16.0. The van der Waals surface area contributed by atoms with Gasteiger partial charge >= 0.3 is 6.00 Å². The average molecular weight is 794 g/mol. The first kappa shape index (κ1) is 37.5. The number of rotatable bonds is 5. The standard InChI is InChI=1S/C24BCl3F19Si/c26-48(27,28)24-22(46)11(35)4(12(36)23(24)47)25(1-5(29)13(37)19(43)14(38)6(1)30,2-7(31)15(39)20(44)16(40)8(2)32)3-9(33)17(41)21(45)18(42)10(3)34/q-1. The van der Waals surface area contributed by atoms with Gasteiger partial charge in [-0.1, -0.05) is 0 Å². The summed E-state index contributed by atoms with van der Waals surface area (Å²) in [6, 6.07) is -5.41. The van der Waals surface area contributed by atoms with Crippen LogP contribution < -0.4 is 27.0 Å². The Morgan fingerprint density at radius 1 is 0.250 bits per heavy atom. The quantitative estimate of drug-likeness (QED) is 0.0706. The summed E-state index contributed by atoms with van der Waals surface area (Å²) < 4.78 is 286. The molecule has 48 heavy (non-hydrogen) atoms. The number of benzene rings is 4. The van der Waals surface area contributed by atoms with Crippen LogP contribution in [-0.2, 0) is 0 Å². The zero-order chi connectivity index (χ0) is 36.9. The van der Waals surface area contributed by atoms with Crippen LogP contribution in [0.15, 0.2) is 0 Å². The van der Waals surface area contributed by atoms with Gasteiger partial charge in [-0.25, -0.2) is 83.4 Å². The Morgan fingerprint density at radius 2 is 0.396 bits per heavy atom. The monoisotopic (exact) mass is 793 g/mol. The molecular formula is C24BCl3F19Si-. The third-order valence-corrected chi connectivity index (χ3v) is 9.75. The van der Waals surface area contributed by atoms with Crippen molar-refractivity contribution in [3.8, 4) is 0 Å². The fraction of sp³-hybridized carbons (Fsp3) is 0. The fourth-order valence-electron chi connectivity index (χ4n) is 5.15. The lowest BCUT2D eigenvalue weighted by atomic mass is 9.12. The highest BCUT2D eigenvalue weighted by Crippen LogP contribution is 2.31. The van der Waals surface area contributed by atoms with Gasteiger partial charge in [0.05, 0.1) is 5.19 Å². The molecule has 258 valence electrons. The summed E-state index contributed by atoms with van der Waals surface area (Å²) in [5.74, 6) is -66.7. The van der Waals surface area contributed by atoms with E-state index in [0.29, 0.717) is 0 Å². The van der Waals surface area contributed by atoms with E-state index >= 15 is 43.9 Å². The molecule has 0 aromatic heterocycles. The second-order valence-electron chi connectivity index (χ2n) is 9.36. The summed E-state index contributed by atoms with van der Waals surface area (Å²) in [7, 11) is 0. The summed E-state index contributed by atoms with van der Waals surface area (Å²) in [4.78, 5) is 0. The van der Waals surface area contributed by atoms with Gasteiger partial charge in [-0.3, -0.25) is 0 Å². The minimum atomic E-state index is -7.20. The molecule has 0 N–H and O–H groups in total. The van der Waals surface area contributed by atoms with Crippen LogP contribution in [0.5, 0.6) is 0 Å². The van der Waals surface area contributed by atoms with E-state index in [-0.39, 0.29) is 0 Å². The zero-order valence-electron chi connectivity index (χ0n) is 21.4. The van der Waals surface area contributed by atoms with Crippen LogP contribution in [0.4, 0.5) is 83.4 Å². The molecule has 0 aliphatic carbocycles. The van der Waals surface area contributed by atoms with Crippen molar-refractivity contribution in [1.82, 2.24) is 0 Å². The normalized spacial score (nSPS) is 12.4. The van der Waals surface area contributed by atoms with E-state index in [9.17, 15) is 39.5 Å². The van der Waals surface area contributed by atoms with Gasteiger partial charge in [-0.05, 0) is 0 Å². The first-order chi connectivity index (χ1) is 21.9. The van der Waals surface area contributed by atoms with Gasteiger partial charge < -0.3 is 0 Å². The molecule has 0 radical (unpaired) electrons. The predicted molar refractivity (Wildman–Crippen MR) is 132 cm³/mol. The summed E-state index contributed by atoms with van der Waals surface area (Å²) in [5.41, 5.74) is -14.1. The van der Waals surface area contributed by atoms with Gasteiger partial charge in [0.15, 0.2) is 64.0 Å². The number of hydrogen-bond donors (Lipinski definition) is 0. The Labute approximate surface area is 266 Å². The van der Waals surface area contributed by atoms with E-state index in [1.54, 1.807) is 0 Å². The molecule has 0 nitrogen and oxygen atoms in total. The van der Waals surface area contributed by atoms with E-state index in [1.807, 2.05) is 0 Å². The zero-order valence-corrected chi connectivity index (χ0v) is 24.7. The highest BCUT2D eigenvalue weighted by Gasteiger charge is 2.53. The molecule has 0 saturated heterocycles. The molecule has 4 rings (SSSR count). The molecule has 0 amide bonds. The van der Waals surface area contributed by atoms with E-state index in [2.05, 4.69) is 0 Å². The van der Waals surface area contributed by atoms with Crippen molar-refractivity contribution in [2.24, 2.45) is 0 Å². The molecule has 4 aromatic rings. The van der Waals surface area contributed by atoms with Gasteiger partial charge in [-0.15, -0.1) is 55.1 Å². The summed E-state index contributed by atoms with van der Waals surface area (Å²) >= 11 is 16.0. The second-order valence-corrected chi connectivity index (χ2v) is 17.7. The van der Waals surface area contributed by atoms with Crippen molar-refractivity contribution < 1.29 is 83.4 Å². The summed E-state index contributed by atoms with van der Waals surface area (Å²) in [6.07, 6.45) is -7.20. The molecule has 0 aliphatic heterocycles. The molecule has 4 aromatic carbocycles. The Bertz CT molecular complexity index is 1800. The molecular weight excluding hydrogens is 794 g/mol. The first-order valence-electron chi connectivity index (χ1n) is 11.6. The summed E-state index contributed by atoms with van der Waals surface area (Å²) in [5, 5.41) is -2.33. The molecule has 0 saturated carbocycles. The SMILES string of the molecule is Fc1c(F)c(F)c([B-](c2c(F)c(F)c(F)c(F)c2F)(c2c(F)c(F)c(F)c(F)c2F)c2c(F)c(F)c([Si](Cl)(Cl)Cl)c(F)c2F)c(F)c1F. The Balaban J connectivity index is 2.70. The van der Waals surface area contributed by atoms with Crippen LogP contribution >= 0.6 is 33.2 Å². The van der Waals surface area contributed by atoms with E-state index in [0.717, 1.165) is 0 Å². The fourth-order valence-corrected chi connectivity index (χ4v) is 7.36. The van der Waals surface area contributed by atoms with Crippen LogP contribution in [0.25, 0.3) is 0 Å². The maximum Gasteiger partial charge on any atom is 0.379 e. The molecule has 0 aliphatic rings. The minimum Gasteiger partial charge on any atom is -0.207 e. The molecule has 0 spiro atoms. The van der Waals surface area contributed by atoms with Crippen molar-refractivity contribution in [2.45, 2.75) is 0 Å². The van der Waals surface area contributed by atoms with E-state index in [4.69, 9.17) is 33.2 Å². The highest BCUT2D eigenvalue weighted by molar-refractivity contribution is 7.69. The van der Waals surface area contributed by atoms with Crippen LogP contribution in [0.3, 0.4) is 0 Å². The van der Waals surface area contributed by atoms with Gasteiger partial charge in [0.25, 0.3) is 0 Å². The van der Waals surface area contributed by atoms with E-state index in [1.165, 1.54) is 0 Å². The molecule has 0 heterocycles. The molecule has 0 unspecified atom stereocenters. The third-order valence-electron chi connectivity index (χ3n) is 7.04. The largest absolute Gasteiger partial charge is 0.379 e. The Hall–Kier alpha value is -3.30. The number of hydrogen-bond acceptors (Lipinski definition) is 0. The lowest BCUT2D eigenvalue weighted by Crippen LogP contribution is -2.81. The molecule has 0 atom stereocenters. The maximum atomic E-state index is 16.0. The second kappa shape index (κ2) is 12.2. The van der Waals surface area contributed by atoms with Crippen molar-refractivity contribution in [1.29, 1.82) is 0 Å². The highest BCUT2D eigenvalue weighted by atomic mass is 35.8. The van der Waals surface area contributed by atoms with Gasteiger partial charge in [0.1, 0.15) is 52.7 Å². The smallest absolute Gasteiger partial charge is 0.207 e. The van der Waals surface area contributed by atoms with Crippen molar-refractivity contribution in [3.05, 3.63) is 111 Å². The van der Waals surface area contributed by atoms with Crippen LogP contribution in [0.2, 0.25) is 0 Å². The lowest BCUT2D eigenvalue weighted by Gasteiger charge is -2.45. The summed E-state index contributed by atoms with van der Waals surface area (Å²) in [6.45, 7) is 0. The van der Waals surface area contributed by atoms with Crippen molar-refractivity contribution >= 4 is 72.4 Å². The lowest BCUT2D eigenvalue weighted by molar-refractivity contribution is 0.379. The first-order valence-corrected chi connectivity index (χ1v) is 16.6. The van der Waals surface area contributed by atoms with Gasteiger partial charge in [0, 0.05) is 0 Å². The van der Waals surface area contributed by atoms with Gasteiger partial charge in [0.2, 0.25) is 0 Å². The Kier molecular flexibility index (Phi) is 9.56. The van der Waals surface area contributed by atoms with Gasteiger partial charge in [-0.2, -0.15) is 0 Å². The Morgan fingerprint density at radius 3 is 0.562 bits per heavy atom. The minimum absolute atomic E-state index is 2.33. The van der Waals surface area contributed by atoms with Crippen molar-refractivity contribution in [3.63, 3.8) is 0 Å². The van der Waals surface area contributed by atoms with Crippen LogP contribution in [-0.4, -0.2) is 12.1 Å².